The molecule has 5 nitrogen and oxygen atoms in total. The van der Waals surface area contributed by atoms with Crippen molar-refractivity contribution >= 4 is 44.9 Å². The summed E-state index contributed by atoms with van der Waals surface area (Å²) in [4.78, 5) is 34.6. The van der Waals surface area contributed by atoms with Crippen LogP contribution in [-0.4, -0.2) is 27.3 Å². The van der Waals surface area contributed by atoms with Crippen LogP contribution in [0.5, 0.6) is 0 Å². The molecule has 4 rings (SSSR count). The zero-order chi connectivity index (χ0) is 19.8. The number of carbonyl (C=O) groups is 1. The topological polar surface area (TPSA) is 55.2 Å². The molecule has 0 aliphatic heterocycles. The molecule has 0 bridgehead atoms. The molecule has 7 heteroatoms. The first-order valence-corrected chi connectivity index (χ1v) is 11.2. The number of amides is 1. The fraction of sp³-hybridized carbons (Fsp3) is 0.381. The van der Waals surface area contributed by atoms with Crippen molar-refractivity contribution < 1.29 is 4.79 Å². The predicted molar refractivity (Wildman–Crippen MR) is 117 cm³/mol. The Balaban J connectivity index is 1.63. The Kier molecular flexibility index (Phi) is 5.29. The van der Waals surface area contributed by atoms with Gasteiger partial charge in [0.05, 0.1) is 10.6 Å². The van der Waals surface area contributed by atoms with E-state index >= 15 is 0 Å². The Morgan fingerprint density at radius 3 is 2.79 bits per heavy atom. The van der Waals surface area contributed by atoms with Gasteiger partial charge < -0.3 is 4.90 Å². The molecule has 0 saturated heterocycles. The van der Waals surface area contributed by atoms with E-state index in [4.69, 9.17) is 4.98 Å². The fourth-order valence-electron chi connectivity index (χ4n) is 3.71. The van der Waals surface area contributed by atoms with Crippen molar-refractivity contribution in [2.45, 2.75) is 43.5 Å². The number of thioether (sulfide) groups is 1. The minimum absolute atomic E-state index is 0.00181. The average molecular weight is 414 g/mol. The molecule has 1 aliphatic carbocycles. The number of anilines is 1. The van der Waals surface area contributed by atoms with E-state index < -0.39 is 0 Å². The van der Waals surface area contributed by atoms with Crippen LogP contribution in [-0.2, 0) is 24.7 Å². The Labute approximate surface area is 172 Å². The molecule has 2 aromatic heterocycles. The van der Waals surface area contributed by atoms with Gasteiger partial charge in [-0.3, -0.25) is 14.2 Å². The molecular formula is C21H23N3O2S2. The van der Waals surface area contributed by atoms with Gasteiger partial charge in [0.25, 0.3) is 5.56 Å². The Bertz CT molecular complexity index is 1090. The van der Waals surface area contributed by atoms with Gasteiger partial charge in [0, 0.05) is 24.2 Å². The third-order valence-electron chi connectivity index (χ3n) is 5.19. The van der Waals surface area contributed by atoms with Crippen LogP contribution in [0.3, 0.4) is 0 Å². The summed E-state index contributed by atoms with van der Waals surface area (Å²) in [6, 6.07) is 9.67. The number of hydrogen-bond donors (Lipinski definition) is 0. The van der Waals surface area contributed by atoms with E-state index in [0.717, 1.165) is 35.2 Å². The molecule has 0 N–H and O–H groups in total. The number of aromatic nitrogens is 2. The lowest BCUT2D eigenvalue weighted by Gasteiger charge is -2.24. The van der Waals surface area contributed by atoms with Crippen LogP contribution in [0.25, 0.3) is 10.2 Å². The first kappa shape index (κ1) is 19.2. The highest BCUT2D eigenvalue weighted by atomic mass is 32.2. The minimum Gasteiger partial charge on any atom is -0.312 e. The highest BCUT2D eigenvalue weighted by Crippen LogP contribution is 2.36. The summed E-state index contributed by atoms with van der Waals surface area (Å²) in [5.41, 5.74) is 2.08. The van der Waals surface area contributed by atoms with Gasteiger partial charge in [-0.25, -0.2) is 4.98 Å². The van der Waals surface area contributed by atoms with Gasteiger partial charge >= 0.3 is 0 Å². The number of thiophene rings is 1. The van der Waals surface area contributed by atoms with Crippen LogP contribution in [0.4, 0.5) is 5.69 Å². The maximum atomic E-state index is 13.0. The van der Waals surface area contributed by atoms with Crippen LogP contribution in [0.15, 0.2) is 40.3 Å². The van der Waals surface area contributed by atoms with E-state index in [1.54, 1.807) is 27.9 Å². The molecule has 28 heavy (non-hydrogen) atoms. The lowest BCUT2D eigenvalue weighted by molar-refractivity contribution is -0.117. The van der Waals surface area contributed by atoms with Gasteiger partial charge in [0.1, 0.15) is 4.83 Å². The number of benzene rings is 1. The predicted octanol–water partition coefficient (Wildman–Crippen LogP) is 4.02. The Morgan fingerprint density at radius 2 is 2.07 bits per heavy atom. The third-order valence-corrected chi connectivity index (χ3v) is 7.50. The second-order valence-electron chi connectivity index (χ2n) is 6.97. The Hall–Kier alpha value is -2.12. The second kappa shape index (κ2) is 7.72. The molecule has 0 radical (unpaired) electrons. The van der Waals surface area contributed by atoms with E-state index in [9.17, 15) is 9.59 Å². The lowest BCUT2D eigenvalue weighted by Crippen LogP contribution is -2.36. The first-order chi connectivity index (χ1) is 13.5. The van der Waals surface area contributed by atoms with E-state index in [1.807, 2.05) is 44.2 Å². The highest BCUT2D eigenvalue weighted by molar-refractivity contribution is 8.00. The zero-order valence-electron chi connectivity index (χ0n) is 16.3. The molecule has 0 spiro atoms. The van der Waals surface area contributed by atoms with Crippen molar-refractivity contribution in [1.82, 2.24) is 9.55 Å². The van der Waals surface area contributed by atoms with Crippen LogP contribution >= 0.6 is 23.1 Å². The normalized spacial score (nSPS) is 14.2. The van der Waals surface area contributed by atoms with Crippen LogP contribution in [0, 0.1) is 0 Å². The van der Waals surface area contributed by atoms with Crippen molar-refractivity contribution in [2.24, 2.45) is 7.05 Å². The summed E-state index contributed by atoms with van der Waals surface area (Å²) in [5, 5.41) is 1.03. The molecule has 1 atom stereocenters. The maximum absolute atomic E-state index is 13.0. The van der Waals surface area contributed by atoms with Gasteiger partial charge in [-0.05, 0) is 50.8 Å². The number of para-hydroxylation sites is 1. The minimum atomic E-state index is -0.345. The van der Waals surface area contributed by atoms with Crippen LogP contribution in [0.2, 0.25) is 0 Å². The van der Waals surface area contributed by atoms with Gasteiger partial charge in [0.2, 0.25) is 5.91 Å². The molecule has 1 aromatic carbocycles. The summed E-state index contributed by atoms with van der Waals surface area (Å²) in [6.45, 7) is 4.44. The summed E-state index contributed by atoms with van der Waals surface area (Å²) >= 11 is 2.99. The molecule has 146 valence electrons. The van der Waals surface area contributed by atoms with Crippen molar-refractivity contribution in [3.8, 4) is 0 Å². The van der Waals surface area contributed by atoms with E-state index in [0.29, 0.717) is 11.7 Å². The summed E-state index contributed by atoms with van der Waals surface area (Å²) in [5.74, 6) is 0.0155. The van der Waals surface area contributed by atoms with Gasteiger partial charge in [0.15, 0.2) is 5.16 Å². The summed E-state index contributed by atoms with van der Waals surface area (Å²) < 4.78 is 1.60. The van der Waals surface area contributed by atoms with Crippen molar-refractivity contribution in [1.29, 1.82) is 0 Å². The number of rotatable bonds is 5. The smallest absolute Gasteiger partial charge is 0.262 e. The van der Waals surface area contributed by atoms with Crippen LogP contribution < -0.4 is 10.5 Å². The average Bonchev–Trinajstić information content (AvgIpc) is 3.28. The molecule has 1 unspecified atom stereocenters. The molecule has 1 aliphatic rings. The summed E-state index contributed by atoms with van der Waals surface area (Å²) in [7, 11) is 1.75. The summed E-state index contributed by atoms with van der Waals surface area (Å²) in [6.07, 6.45) is 3.13. The van der Waals surface area contributed by atoms with Gasteiger partial charge in [-0.2, -0.15) is 0 Å². The molecular weight excluding hydrogens is 390 g/mol. The van der Waals surface area contributed by atoms with E-state index in [-0.39, 0.29) is 16.7 Å². The molecule has 1 amide bonds. The molecule has 0 saturated carbocycles. The lowest BCUT2D eigenvalue weighted by atomic mass is 10.2. The van der Waals surface area contributed by atoms with Crippen LogP contribution in [0.1, 0.15) is 30.7 Å². The zero-order valence-corrected chi connectivity index (χ0v) is 17.9. The van der Waals surface area contributed by atoms with Gasteiger partial charge in [-0.15, -0.1) is 11.3 Å². The van der Waals surface area contributed by atoms with Gasteiger partial charge in [-0.1, -0.05) is 30.0 Å². The third kappa shape index (κ3) is 3.26. The van der Waals surface area contributed by atoms with E-state index in [2.05, 4.69) is 0 Å². The number of nitrogens with zero attached hydrogens (tertiary/aromatic N) is 3. The molecule has 2 heterocycles. The maximum Gasteiger partial charge on any atom is 0.262 e. The standard InChI is InChI=1S/C21H23N3O2S2/c1-4-24(14-9-6-5-7-10-14)19(25)13(2)27-21-22-18-17(20(26)23(21)3)15-11-8-12-16(15)28-18/h5-7,9-10,13H,4,8,11-12H2,1-3H3. The fourth-order valence-corrected chi connectivity index (χ4v) is 5.95. The SMILES string of the molecule is CCN(C(=O)C(C)Sc1nc2sc3c(c2c(=O)n1C)CCC3)c1ccccc1. The molecule has 3 aromatic rings. The number of carbonyl (C=O) groups excluding carboxylic acids is 1. The van der Waals surface area contributed by atoms with Crippen molar-refractivity contribution in [3.63, 3.8) is 0 Å². The first-order valence-electron chi connectivity index (χ1n) is 9.55. The van der Waals surface area contributed by atoms with E-state index in [1.165, 1.54) is 22.2 Å². The van der Waals surface area contributed by atoms with Crippen molar-refractivity contribution in [2.75, 3.05) is 11.4 Å². The van der Waals surface area contributed by atoms with Crippen molar-refractivity contribution in [3.05, 3.63) is 51.1 Å². The Morgan fingerprint density at radius 1 is 1.32 bits per heavy atom. The highest BCUT2D eigenvalue weighted by Gasteiger charge is 2.26. The number of aryl methyl sites for hydroxylation is 2. The largest absolute Gasteiger partial charge is 0.312 e. The molecule has 0 fully saturated rings. The number of hydrogen-bond acceptors (Lipinski definition) is 5. The monoisotopic (exact) mass is 413 g/mol. The second-order valence-corrected chi connectivity index (χ2v) is 9.37. The number of fused-ring (bicyclic) bond motifs is 3. The quantitative estimate of drug-likeness (QED) is 0.468.